The number of para-hydroxylation sites is 2. The minimum absolute atomic E-state index is 0.104. The Kier molecular flexibility index (Phi) is 8.36. The van der Waals surface area contributed by atoms with Gasteiger partial charge in [-0.3, -0.25) is 9.36 Å². The van der Waals surface area contributed by atoms with Gasteiger partial charge in [-0.1, -0.05) is 41.7 Å². The molecule has 1 unspecified atom stereocenters. The van der Waals surface area contributed by atoms with Crippen LogP contribution in [0, 0.1) is 0 Å². The van der Waals surface area contributed by atoms with Crippen LogP contribution in [-0.2, 0) is 9.53 Å². The molecule has 1 atom stereocenters. The summed E-state index contributed by atoms with van der Waals surface area (Å²) in [4.78, 5) is 32.3. The number of carbonyl (C=O) groups excluding carboxylic acids is 1. The number of thiazole rings is 1. The fraction of sp³-hybridized carbons (Fsp3) is 0.345. The highest BCUT2D eigenvalue weighted by molar-refractivity contribution is 7.07. The number of aromatic nitrogens is 1. The Morgan fingerprint density at radius 3 is 2.53 bits per heavy atom. The van der Waals surface area contributed by atoms with Crippen molar-refractivity contribution in [3.05, 3.63) is 84.5 Å². The Hall–Kier alpha value is -3.85. The fourth-order valence-corrected chi connectivity index (χ4v) is 5.44. The van der Waals surface area contributed by atoms with Gasteiger partial charge < -0.3 is 18.9 Å². The lowest BCUT2D eigenvalue weighted by molar-refractivity contribution is -0.139. The third-order valence-electron chi connectivity index (χ3n) is 5.90. The number of nitrogens with zero attached hydrogens (tertiary/aromatic N) is 2. The third kappa shape index (κ3) is 5.24. The molecule has 3 aromatic rings. The van der Waals surface area contributed by atoms with Gasteiger partial charge in [-0.05, 0) is 52.8 Å². The minimum atomic E-state index is -0.765. The molecule has 0 fully saturated rings. The van der Waals surface area contributed by atoms with Gasteiger partial charge in [-0.15, -0.1) is 0 Å². The quantitative estimate of drug-likeness (QED) is 0.384. The van der Waals surface area contributed by atoms with E-state index in [9.17, 15) is 9.59 Å². The van der Waals surface area contributed by atoms with E-state index in [0.29, 0.717) is 55.6 Å². The van der Waals surface area contributed by atoms with Crippen LogP contribution in [0.1, 0.15) is 51.8 Å². The van der Waals surface area contributed by atoms with E-state index in [-0.39, 0.29) is 18.3 Å². The molecule has 8 nitrogen and oxygen atoms in total. The highest BCUT2D eigenvalue weighted by Gasteiger charge is 2.35. The molecule has 0 aliphatic carbocycles. The highest BCUT2D eigenvalue weighted by atomic mass is 32.1. The van der Waals surface area contributed by atoms with Crippen molar-refractivity contribution < 1.29 is 23.7 Å². The van der Waals surface area contributed by atoms with Crippen molar-refractivity contribution in [3.63, 3.8) is 0 Å². The first-order chi connectivity index (χ1) is 18.3. The summed E-state index contributed by atoms with van der Waals surface area (Å²) in [7, 11) is 1.58. The van der Waals surface area contributed by atoms with Crippen LogP contribution in [0.5, 0.6) is 17.2 Å². The van der Waals surface area contributed by atoms with Crippen molar-refractivity contribution in [2.75, 3.05) is 20.3 Å². The van der Waals surface area contributed by atoms with Crippen molar-refractivity contribution in [3.8, 4) is 17.2 Å². The maximum absolute atomic E-state index is 14.0. The van der Waals surface area contributed by atoms with Crippen LogP contribution in [0.25, 0.3) is 6.08 Å². The fourth-order valence-electron chi connectivity index (χ4n) is 4.40. The summed E-state index contributed by atoms with van der Waals surface area (Å²) < 4.78 is 24.8. The van der Waals surface area contributed by atoms with Crippen LogP contribution in [0.2, 0.25) is 0 Å². The second-order valence-electron chi connectivity index (χ2n) is 8.82. The van der Waals surface area contributed by atoms with Crippen molar-refractivity contribution in [2.45, 2.75) is 46.8 Å². The van der Waals surface area contributed by atoms with Crippen molar-refractivity contribution in [1.29, 1.82) is 0 Å². The average molecular weight is 537 g/mol. The Balaban J connectivity index is 1.99. The van der Waals surface area contributed by atoms with E-state index in [1.54, 1.807) is 31.6 Å². The highest BCUT2D eigenvalue weighted by Crippen LogP contribution is 2.36. The zero-order valence-electron chi connectivity index (χ0n) is 22.4. The lowest BCUT2D eigenvalue weighted by Crippen LogP contribution is -2.40. The summed E-state index contributed by atoms with van der Waals surface area (Å²) in [6, 6.07) is 12.2. The van der Waals surface area contributed by atoms with Crippen LogP contribution in [0.4, 0.5) is 0 Å². The van der Waals surface area contributed by atoms with Crippen LogP contribution >= 0.6 is 11.3 Å². The molecule has 2 aromatic carbocycles. The van der Waals surface area contributed by atoms with Gasteiger partial charge in [0.05, 0.1) is 42.2 Å². The molecular formula is C29H32N2O6S. The Labute approximate surface area is 225 Å². The molecule has 0 bridgehead atoms. The molecule has 38 heavy (non-hydrogen) atoms. The Bertz CT molecular complexity index is 1550. The van der Waals surface area contributed by atoms with E-state index in [4.69, 9.17) is 18.9 Å². The number of hydrogen-bond acceptors (Lipinski definition) is 8. The standard InChI is InChI=1S/C29H32N2O6S/c1-7-35-26-19(12-11-15-22(26)34-6)16-23-27(32)31-25(20-13-9-10-14-21(20)37-17(3)4)24(28(33)36-8-2)18(5)30-29(31)38-23/h9-17,25H,7-8H2,1-6H3. The molecule has 200 valence electrons. The van der Waals surface area contributed by atoms with Gasteiger partial charge in [0, 0.05) is 11.1 Å². The van der Waals surface area contributed by atoms with E-state index in [2.05, 4.69) is 4.99 Å². The largest absolute Gasteiger partial charge is 0.493 e. The number of hydrogen-bond donors (Lipinski definition) is 0. The number of fused-ring (bicyclic) bond motifs is 1. The van der Waals surface area contributed by atoms with Crippen LogP contribution in [0.15, 0.2) is 63.5 Å². The van der Waals surface area contributed by atoms with Crippen LogP contribution < -0.4 is 29.1 Å². The van der Waals surface area contributed by atoms with Gasteiger partial charge in [0.1, 0.15) is 11.8 Å². The van der Waals surface area contributed by atoms with E-state index in [1.165, 1.54) is 11.3 Å². The molecule has 0 saturated heterocycles. The summed E-state index contributed by atoms with van der Waals surface area (Å²) >= 11 is 1.25. The topological polar surface area (TPSA) is 88.4 Å². The Morgan fingerprint density at radius 1 is 1.11 bits per heavy atom. The van der Waals surface area contributed by atoms with Crippen LogP contribution in [-0.4, -0.2) is 37.0 Å². The number of allylic oxidation sites excluding steroid dienone is 1. The maximum Gasteiger partial charge on any atom is 0.338 e. The first-order valence-electron chi connectivity index (χ1n) is 12.6. The van der Waals surface area contributed by atoms with E-state index in [1.807, 2.05) is 63.2 Å². The molecular weight excluding hydrogens is 504 g/mol. The summed E-state index contributed by atoms with van der Waals surface area (Å²) in [5, 5.41) is 0. The van der Waals surface area contributed by atoms with E-state index in [0.717, 1.165) is 0 Å². The lowest BCUT2D eigenvalue weighted by Gasteiger charge is -2.26. The molecule has 2 heterocycles. The molecule has 0 radical (unpaired) electrons. The molecule has 0 saturated carbocycles. The smallest absolute Gasteiger partial charge is 0.338 e. The number of rotatable bonds is 9. The first-order valence-corrected chi connectivity index (χ1v) is 13.4. The zero-order chi connectivity index (χ0) is 27.4. The summed E-state index contributed by atoms with van der Waals surface area (Å²) in [5.74, 6) is 1.20. The number of esters is 1. The SMILES string of the molecule is CCOC(=O)C1=C(C)N=c2sc(=Cc3cccc(OC)c3OCC)c(=O)n2C1c1ccccc1OC(C)C. The van der Waals surface area contributed by atoms with Crippen molar-refractivity contribution >= 4 is 23.4 Å². The molecule has 1 aliphatic rings. The van der Waals surface area contributed by atoms with Gasteiger partial charge in [0.2, 0.25) is 0 Å². The lowest BCUT2D eigenvalue weighted by atomic mass is 9.95. The average Bonchev–Trinajstić information content (AvgIpc) is 3.18. The number of methoxy groups -OCH3 is 1. The van der Waals surface area contributed by atoms with Gasteiger partial charge in [0.25, 0.3) is 5.56 Å². The van der Waals surface area contributed by atoms with E-state index < -0.39 is 12.0 Å². The number of carbonyl (C=O) groups is 1. The molecule has 4 rings (SSSR count). The minimum Gasteiger partial charge on any atom is -0.493 e. The third-order valence-corrected chi connectivity index (χ3v) is 6.88. The Morgan fingerprint density at radius 2 is 1.84 bits per heavy atom. The predicted molar refractivity (Wildman–Crippen MR) is 147 cm³/mol. The van der Waals surface area contributed by atoms with Crippen LogP contribution in [0.3, 0.4) is 0 Å². The molecule has 0 N–H and O–H groups in total. The molecule has 0 spiro atoms. The molecule has 0 amide bonds. The predicted octanol–water partition coefficient (Wildman–Crippen LogP) is 3.99. The molecule has 9 heteroatoms. The molecule has 1 aliphatic heterocycles. The van der Waals surface area contributed by atoms with Gasteiger partial charge in [-0.25, -0.2) is 9.79 Å². The summed E-state index contributed by atoms with van der Waals surface area (Å²) in [6.45, 7) is 9.90. The summed E-state index contributed by atoms with van der Waals surface area (Å²) in [6.07, 6.45) is 1.67. The van der Waals surface area contributed by atoms with Gasteiger partial charge >= 0.3 is 5.97 Å². The van der Waals surface area contributed by atoms with Crippen molar-refractivity contribution in [1.82, 2.24) is 4.57 Å². The maximum atomic E-state index is 14.0. The van der Waals surface area contributed by atoms with Gasteiger partial charge in [0.15, 0.2) is 16.3 Å². The van der Waals surface area contributed by atoms with Crippen molar-refractivity contribution in [2.24, 2.45) is 4.99 Å². The second-order valence-corrected chi connectivity index (χ2v) is 9.83. The first kappa shape index (κ1) is 27.2. The second kappa shape index (κ2) is 11.7. The van der Waals surface area contributed by atoms with Gasteiger partial charge in [-0.2, -0.15) is 0 Å². The number of ether oxygens (including phenoxy) is 4. The molecule has 1 aromatic heterocycles. The van der Waals surface area contributed by atoms with E-state index >= 15 is 0 Å². The normalized spacial score (nSPS) is 15.2. The number of benzene rings is 2. The summed E-state index contributed by atoms with van der Waals surface area (Å²) in [5.41, 5.74) is 1.91. The zero-order valence-corrected chi connectivity index (χ0v) is 23.3. The monoisotopic (exact) mass is 536 g/mol.